The second-order valence-electron chi connectivity index (χ2n) is 4.61. The minimum absolute atomic E-state index is 0.0548. The zero-order valence-electron chi connectivity index (χ0n) is 11.4. The first-order valence-corrected chi connectivity index (χ1v) is 6.82. The third-order valence-electron chi connectivity index (χ3n) is 2.21. The van der Waals surface area contributed by atoms with Gasteiger partial charge in [0.15, 0.2) is 14.8 Å². The number of carbonyl (C=O) groups is 1. The Bertz CT molecular complexity index is 284. The van der Waals surface area contributed by atoms with E-state index in [-0.39, 0.29) is 28.4 Å². The second-order valence-corrected chi connectivity index (χ2v) is 5.36. The number of carbonyl (C=O) groups excluding carboxylic acids is 1. The third kappa shape index (κ3) is 7.77. The van der Waals surface area contributed by atoms with Gasteiger partial charge in [-0.25, -0.2) is 0 Å². The maximum atomic E-state index is 10.5. The molecule has 2 unspecified atom stereocenters. The first-order valence-electron chi connectivity index (χ1n) is 6.01. The van der Waals surface area contributed by atoms with Crippen molar-refractivity contribution in [1.29, 1.82) is 0 Å². The molecular weight excluding hydrogens is 275 g/mol. The topological polar surface area (TPSA) is 83.5 Å². The van der Waals surface area contributed by atoms with E-state index < -0.39 is 17.9 Å². The van der Waals surface area contributed by atoms with Crippen LogP contribution in [0, 0.1) is 0 Å². The van der Waals surface area contributed by atoms with Crippen LogP contribution in [0.25, 0.3) is 0 Å². The van der Waals surface area contributed by atoms with E-state index in [0.717, 1.165) is 0 Å². The Hall–Kier alpha value is -0.300. The molecule has 8 heteroatoms. The molecule has 3 atom stereocenters. The molecule has 1 aliphatic rings. The molecule has 1 N–H and O–H groups in total. The number of esters is 1. The highest BCUT2D eigenvalue weighted by Gasteiger charge is 2.32. The lowest BCUT2D eigenvalue weighted by Crippen LogP contribution is -2.23. The van der Waals surface area contributed by atoms with E-state index in [1.807, 2.05) is 13.8 Å². The molecule has 0 bridgehead atoms. The summed E-state index contributed by atoms with van der Waals surface area (Å²) < 4.78 is 25.9. The van der Waals surface area contributed by atoms with Crippen LogP contribution in [0.2, 0.25) is 0 Å². The fourth-order valence-electron chi connectivity index (χ4n) is 1.41. The highest BCUT2D eigenvalue weighted by Crippen LogP contribution is 2.24. The highest BCUT2D eigenvalue weighted by molar-refractivity contribution is 7.26. The average Bonchev–Trinajstić information content (AvgIpc) is 2.66. The molecular formula is C11H21O7P. The van der Waals surface area contributed by atoms with Crippen LogP contribution < -0.4 is 0 Å². The number of aliphatic hydroxyl groups excluding tert-OH is 1. The normalized spacial score (nSPS) is 23.9. The maximum absolute atomic E-state index is 10.5. The number of aliphatic hydroxyl groups is 1. The zero-order chi connectivity index (χ0) is 14.3. The van der Waals surface area contributed by atoms with Gasteiger partial charge in [0.05, 0.1) is 19.8 Å². The third-order valence-corrected chi connectivity index (χ3v) is 2.78. The number of hydrogen-bond donors (Lipinski definition) is 1. The van der Waals surface area contributed by atoms with Crippen molar-refractivity contribution in [2.45, 2.75) is 38.8 Å². The highest BCUT2D eigenvalue weighted by atomic mass is 31.1. The molecule has 1 saturated heterocycles. The predicted octanol–water partition coefficient (Wildman–Crippen LogP) is 0.604. The van der Waals surface area contributed by atoms with E-state index in [4.69, 9.17) is 18.5 Å². The van der Waals surface area contributed by atoms with Gasteiger partial charge in [0.1, 0.15) is 18.8 Å². The standard InChI is InChI=1S/C11H21O7P/c1-8(12)14-4-9(13)5-16-19-17-7-10-6-15-11(2,3)18-10/h9-10,13,19H,4-7H2,1-3H3/t9-,10?/m1/s1. The minimum Gasteiger partial charge on any atom is -0.463 e. The molecule has 0 aromatic carbocycles. The van der Waals surface area contributed by atoms with Gasteiger partial charge in [-0.1, -0.05) is 0 Å². The monoisotopic (exact) mass is 296 g/mol. The molecule has 112 valence electrons. The van der Waals surface area contributed by atoms with Crippen LogP contribution in [0.4, 0.5) is 0 Å². The molecule has 0 radical (unpaired) electrons. The fraction of sp³-hybridized carbons (Fsp3) is 0.909. The van der Waals surface area contributed by atoms with Crippen molar-refractivity contribution in [3.63, 3.8) is 0 Å². The van der Waals surface area contributed by atoms with Crippen LogP contribution in [-0.2, 0) is 28.1 Å². The molecule has 1 fully saturated rings. The molecule has 0 spiro atoms. The van der Waals surface area contributed by atoms with Crippen molar-refractivity contribution >= 4 is 15.0 Å². The van der Waals surface area contributed by atoms with Crippen molar-refractivity contribution in [1.82, 2.24) is 0 Å². The summed E-state index contributed by atoms with van der Waals surface area (Å²) >= 11 is 0. The van der Waals surface area contributed by atoms with Gasteiger partial charge in [-0.15, -0.1) is 0 Å². The summed E-state index contributed by atoms with van der Waals surface area (Å²) in [6.07, 6.45) is -0.943. The van der Waals surface area contributed by atoms with Crippen LogP contribution in [0.3, 0.4) is 0 Å². The molecule has 7 nitrogen and oxygen atoms in total. The largest absolute Gasteiger partial charge is 0.463 e. The van der Waals surface area contributed by atoms with E-state index in [1.54, 1.807) is 0 Å². The van der Waals surface area contributed by atoms with Crippen molar-refractivity contribution in [3.05, 3.63) is 0 Å². The van der Waals surface area contributed by atoms with Gasteiger partial charge in [-0.2, -0.15) is 0 Å². The quantitative estimate of drug-likeness (QED) is 0.399. The Labute approximate surface area is 114 Å². The molecule has 0 aromatic rings. The summed E-state index contributed by atoms with van der Waals surface area (Å²) in [7, 11) is -0.203. The van der Waals surface area contributed by atoms with Gasteiger partial charge in [0, 0.05) is 6.92 Å². The molecule has 19 heavy (non-hydrogen) atoms. The van der Waals surface area contributed by atoms with Crippen LogP contribution in [0.5, 0.6) is 0 Å². The van der Waals surface area contributed by atoms with E-state index >= 15 is 0 Å². The average molecular weight is 296 g/mol. The number of rotatable bonds is 8. The predicted molar refractivity (Wildman–Crippen MR) is 67.8 cm³/mol. The molecule has 0 amide bonds. The van der Waals surface area contributed by atoms with Gasteiger partial charge in [0.2, 0.25) is 0 Å². The van der Waals surface area contributed by atoms with Gasteiger partial charge in [-0.3, -0.25) is 4.79 Å². The van der Waals surface area contributed by atoms with E-state index in [2.05, 4.69) is 4.74 Å². The van der Waals surface area contributed by atoms with Crippen LogP contribution in [0.1, 0.15) is 20.8 Å². The summed E-state index contributed by atoms with van der Waals surface area (Å²) in [4.78, 5) is 10.5. The van der Waals surface area contributed by atoms with E-state index in [0.29, 0.717) is 13.2 Å². The summed E-state index contributed by atoms with van der Waals surface area (Å²) in [5.41, 5.74) is 0. The Morgan fingerprint density at radius 2 is 2.21 bits per heavy atom. The zero-order valence-corrected chi connectivity index (χ0v) is 12.4. The van der Waals surface area contributed by atoms with Gasteiger partial charge >= 0.3 is 5.97 Å². The Kier molecular flexibility index (Phi) is 7.13. The Morgan fingerprint density at radius 3 is 2.79 bits per heavy atom. The van der Waals surface area contributed by atoms with Gasteiger partial charge < -0.3 is 28.4 Å². The van der Waals surface area contributed by atoms with Crippen molar-refractivity contribution < 1.29 is 33.2 Å². The lowest BCUT2D eigenvalue weighted by molar-refractivity contribution is -0.144. The van der Waals surface area contributed by atoms with Gasteiger partial charge in [-0.05, 0) is 13.8 Å². The molecule has 0 aromatic heterocycles. The number of hydrogen-bond acceptors (Lipinski definition) is 7. The van der Waals surface area contributed by atoms with E-state index in [1.165, 1.54) is 6.92 Å². The lowest BCUT2D eigenvalue weighted by Gasteiger charge is -2.17. The molecule has 0 aliphatic carbocycles. The minimum atomic E-state index is -0.843. The summed E-state index contributed by atoms with van der Waals surface area (Å²) in [5, 5.41) is 9.38. The van der Waals surface area contributed by atoms with Crippen LogP contribution in [0.15, 0.2) is 0 Å². The summed E-state index contributed by atoms with van der Waals surface area (Å²) in [5.74, 6) is -0.989. The van der Waals surface area contributed by atoms with Crippen LogP contribution >= 0.6 is 9.03 Å². The Morgan fingerprint density at radius 1 is 1.47 bits per heavy atom. The first kappa shape index (κ1) is 16.8. The Balaban J connectivity index is 1.95. The van der Waals surface area contributed by atoms with Crippen molar-refractivity contribution in [2.24, 2.45) is 0 Å². The van der Waals surface area contributed by atoms with Crippen molar-refractivity contribution in [3.8, 4) is 0 Å². The molecule has 1 heterocycles. The SMILES string of the molecule is CC(=O)OC[C@@H](O)COPOCC1COC(C)(C)O1. The second kappa shape index (κ2) is 8.09. The van der Waals surface area contributed by atoms with Crippen molar-refractivity contribution in [2.75, 3.05) is 26.4 Å². The summed E-state index contributed by atoms with van der Waals surface area (Å²) in [6, 6.07) is 0. The molecule has 1 rings (SSSR count). The van der Waals surface area contributed by atoms with Gasteiger partial charge in [0.25, 0.3) is 0 Å². The summed E-state index contributed by atoms with van der Waals surface area (Å²) in [6.45, 7) is 5.82. The molecule has 0 saturated carbocycles. The number of ether oxygens (including phenoxy) is 3. The van der Waals surface area contributed by atoms with Crippen LogP contribution in [-0.4, -0.2) is 55.5 Å². The fourth-order valence-corrected chi connectivity index (χ4v) is 2.00. The lowest BCUT2D eigenvalue weighted by atomic mass is 10.4. The first-order chi connectivity index (χ1) is 8.89. The maximum Gasteiger partial charge on any atom is 0.302 e. The smallest absolute Gasteiger partial charge is 0.302 e. The molecule has 1 aliphatic heterocycles. The van der Waals surface area contributed by atoms with E-state index in [9.17, 15) is 9.90 Å².